The highest BCUT2D eigenvalue weighted by Crippen LogP contribution is 2.19. The molecule has 0 radical (unpaired) electrons. The Labute approximate surface area is 259 Å². The summed E-state index contributed by atoms with van der Waals surface area (Å²) < 4.78 is 11.5. The van der Waals surface area contributed by atoms with Crippen molar-refractivity contribution in [2.45, 2.75) is 57.8 Å². The van der Waals surface area contributed by atoms with Gasteiger partial charge in [-0.05, 0) is 61.4 Å². The molecule has 0 aliphatic carbocycles. The van der Waals surface area contributed by atoms with Gasteiger partial charge >= 0.3 is 5.97 Å². The third-order valence-electron chi connectivity index (χ3n) is 7.59. The predicted molar refractivity (Wildman–Crippen MR) is 169 cm³/mol. The van der Waals surface area contributed by atoms with Crippen molar-refractivity contribution in [3.63, 3.8) is 0 Å². The second kappa shape index (κ2) is 17.0. The van der Waals surface area contributed by atoms with E-state index < -0.39 is 18.1 Å². The van der Waals surface area contributed by atoms with Crippen molar-refractivity contribution in [2.75, 3.05) is 13.2 Å². The number of carbonyl (C=O) groups excluding carboxylic acids is 3. The van der Waals surface area contributed by atoms with Crippen molar-refractivity contribution < 1.29 is 29.0 Å². The monoisotopic (exact) mass is 598 g/mol. The van der Waals surface area contributed by atoms with Crippen molar-refractivity contribution in [1.29, 1.82) is 0 Å². The number of cyclic esters (lactones) is 1. The Balaban J connectivity index is 1.31. The summed E-state index contributed by atoms with van der Waals surface area (Å²) in [4.78, 5) is 38.9. The molecule has 1 heterocycles. The van der Waals surface area contributed by atoms with Crippen LogP contribution in [0.3, 0.4) is 0 Å². The van der Waals surface area contributed by atoms with E-state index in [0.29, 0.717) is 32.3 Å². The molecule has 1 aliphatic heterocycles. The zero-order chi connectivity index (χ0) is 31.1. The maximum Gasteiger partial charge on any atom is 0.309 e. The van der Waals surface area contributed by atoms with Gasteiger partial charge in [0.1, 0.15) is 18.5 Å². The Morgan fingerprint density at radius 3 is 2.20 bits per heavy atom. The van der Waals surface area contributed by atoms with Crippen LogP contribution < -0.4 is 15.4 Å². The normalized spacial score (nSPS) is 19.9. The van der Waals surface area contributed by atoms with Gasteiger partial charge in [0.2, 0.25) is 11.8 Å². The van der Waals surface area contributed by atoms with Crippen molar-refractivity contribution in [3.8, 4) is 5.75 Å². The fourth-order valence-electron chi connectivity index (χ4n) is 5.11. The number of benzene rings is 3. The van der Waals surface area contributed by atoms with Crippen LogP contribution in [0.15, 0.2) is 97.1 Å². The highest BCUT2D eigenvalue weighted by Gasteiger charge is 2.26. The average molecular weight is 599 g/mol. The van der Waals surface area contributed by atoms with Crippen molar-refractivity contribution >= 4 is 17.8 Å². The minimum atomic E-state index is -0.596. The molecule has 0 fully saturated rings. The number of carbonyl (C=O) groups is 3. The summed E-state index contributed by atoms with van der Waals surface area (Å²) in [6, 6.07) is 26.8. The van der Waals surface area contributed by atoms with Crippen LogP contribution >= 0.6 is 0 Å². The average Bonchev–Trinajstić information content (AvgIpc) is 3.04. The standard InChI is InChI=1S/C36H42N2O6/c1-26-23-37-35(41)30(14-8-9-15-31(36(42)44-26)20-27-10-4-2-5-11-27)22-34(40)38-32(24-39)21-28-16-18-33(19-17-28)43-25-29-12-6-3-7-13-29/h2-13,16-19,26,30-32,39H,14-15,20-25H2,1H3,(H,37,41)(H,38,40)/t26-,30+,31+,32-/m0/s1. The molecule has 4 atom stereocenters. The van der Waals surface area contributed by atoms with E-state index in [1.807, 2.05) is 97.1 Å². The molecule has 0 spiro atoms. The number of esters is 1. The van der Waals surface area contributed by atoms with Gasteiger partial charge in [0.25, 0.3) is 0 Å². The number of hydrogen-bond acceptors (Lipinski definition) is 6. The van der Waals surface area contributed by atoms with E-state index in [2.05, 4.69) is 10.6 Å². The molecule has 232 valence electrons. The maximum atomic E-state index is 13.0. The van der Waals surface area contributed by atoms with Gasteiger partial charge in [-0.25, -0.2) is 0 Å². The molecule has 0 bridgehead atoms. The van der Waals surface area contributed by atoms with Crippen LogP contribution in [0, 0.1) is 11.8 Å². The van der Waals surface area contributed by atoms with E-state index in [1.54, 1.807) is 6.92 Å². The predicted octanol–water partition coefficient (Wildman–Crippen LogP) is 4.55. The molecule has 3 aromatic rings. The number of hydrogen-bond donors (Lipinski definition) is 3. The van der Waals surface area contributed by atoms with Gasteiger partial charge in [0.15, 0.2) is 0 Å². The highest BCUT2D eigenvalue weighted by molar-refractivity contribution is 5.86. The molecule has 3 aromatic carbocycles. The lowest BCUT2D eigenvalue weighted by Crippen LogP contribution is -2.43. The van der Waals surface area contributed by atoms with Gasteiger partial charge in [0.05, 0.1) is 31.0 Å². The largest absolute Gasteiger partial charge is 0.489 e. The summed E-state index contributed by atoms with van der Waals surface area (Å²) in [6.07, 6.45) is 5.04. The van der Waals surface area contributed by atoms with Gasteiger partial charge in [-0.2, -0.15) is 0 Å². The zero-order valence-electron chi connectivity index (χ0n) is 25.2. The molecule has 44 heavy (non-hydrogen) atoms. The summed E-state index contributed by atoms with van der Waals surface area (Å²) in [6.45, 7) is 2.14. The van der Waals surface area contributed by atoms with Crippen molar-refractivity contribution in [3.05, 3.63) is 114 Å². The van der Waals surface area contributed by atoms with E-state index in [1.165, 1.54) is 0 Å². The lowest BCUT2D eigenvalue weighted by atomic mass is 9.94. The molecule has 8 heteroatoms. The molecule has 0 aromatic heterocycles. The smallest absolute Gasteiger partial charge is 0.309 e. The van der Waals surface area contributed by atoms with Crippen molar-refractivity contribution in [2.24, 2.45) is 11.8 Å². The minimum Gasteiger partial charge on any atom is -0.489 e. The summed E-state index contributed by atoms with van der Waals surface area (Å²) >= 11 is 0. The van der Waals surface area contributed by atoms with Gasteiger partial charge in [0, 0.05) is 6.42 Å². The molecular formula is C36H42N2O6. The molecule has 4 rings (SSSR count). The third kappa shape index (κ3) is 10.7. The van der Waals surface area contributed by atoms with Crippen LogP contribution in [0.2, 0.25) is 0 Å². The van der Waals surface area contributed by atoms with E-state index in [9.17, 15) is 19.5 Å². The first-order valence-electron chi connectivity index (χ1n) is 15.2. The van der Waals surface area contributed by atoms with Gasteiger partial charge in [-0.3, -0.25) is 14.4 Å². The SMILES string of the molecule is C[C@H]1CNC(=O)[C@@H](CC(=O)N[C@H](CO)Cc2ccc(OCc3ccccc3)cc2)CC=CC[C@H](Cc2ccccc2)C(=O)O1. The molecule has 2 amide bonds. The molecule has 0 unspecified atom stereocenters. The van der Waals surface area contributed by atoms with Crippen LogP contribution in [0.4, 0.5) is 0 Å². The maximum absolute atomic E-state index is 13.0. The molecule has 0 saturated carbocycles. The third-order valence-corrected chi connectivity index (χ3v) is 7.59. The summed E-state index contributed by atoms with van der Waals surface area (Å²) in [5.74, 6) is -1.08. The number of aliphatic hydroxyl groups is 1. The molecule has 0 saturated heterocycles. The van der Waals surface area contributed by atoms with Crippen molar-refractivity contribution in [1.82, 2.24) is 10.6 Å². The molecule has 8 nitrogen and oxygen atoms in total. The Morgan fingerprint density at radius 2 is 1.55 bits per heavy atom. The highest BCUT2D eigenvalue weighted by atomic mass is 16.5. The number of allylic oxidation sites excluding steroid dienone is 2. The van der Waals surface area contributed by atoms with E-state index in [-0.39, 0.29) is 43.3 Å². The van der Waals surface area contributed by atoms with Crippen LogP contribution in [0.1, 0.15) is 42.9 Å². The fourth-order valence-corrected chi connectivity index (χ4v) is 5.11. The van der Waals surface area contributed by atoms with Crippen LogP contribution in [-0.2, 0) is 38.6 Å². The number of nitrogens with one attached hydrogen (secondary N) is 2. The summed E-state index contributed by atoms with van der Waals surface area (Å²) in [7, 11) is 0. The first kappa shape index (κ1) is 32.5. The number of ether oxygens (including phenoxy) is 2. The zero-order valence-corrected chi connectivity index (χ0v) is 25.2. The Hall–Kier alpha value is -4.43. The lowest BCUT2D eigenvalue weighted by Gasteiger charge is -2.22. The summed E-state index contributed by atoms with van der Waals surface area (Å²) in [5.41, 5.74) is 3.07. The number of rotatable bonds is 11. The molecule has 1 aliphatic rings. The Bertz CT molecular complexity index is 1360. The first-order chi connectivity index (χ1) is 21.4. The van der Waals surface area contributed by atoms with Crippen LogP contribution in [-0.4, -0.2) is 48.2 Å². The molecular weight excluding hydrogens is 556 g/mol. The van der Waals surface area contributed by atoms with Gasteiger partial charge in [-0.15, -0.1) is 0 Å². The lowest BCUT2D eigenvalue weighted by molar-refractivity contribution is -0.153. The molecule has 3 N–H and O–H groups in total. The quantitative estimate of drug-likeness (QED) is 0.221. The van der Waals surface area contributed by atoms with Crippen LogP contribution in [0.5, 0.6) is 5.75 Å². The van der Waals surface area contributed by atoms with Gasteiger partial charge < -0.3 is 25.2 Å². The Morgan fingerprint density at radius 1 is 0.909 bits per heavy atom. The second-order valence-electron chi connectivity index (χ2n) is 11.3. The first-order valence-corrected chi connectivity index (χ1v) is 15.2. The van der Waals surface area contributed by atoms with Crippen LogP contribution in [0.25, 0.3) is 0 Å². The summed E-state index contributed by atoms with van der Waals surface area (Å²) in [5, 5.41) is 15.7. The fraction of sp³-hybridized carbons (Fsp3) is 0.361. The topological polar surface area (TPSA) is 114 Å². The van der Waals surface area contributed by atoms with E-state index in [0.717, 1.165) is 22.4 Å². The van der Waals surface area contributed by atoms with E-state index in [4.69, 9.17) is 9.47 Å². The second-order valence-corrected chi connectivity index (χ2v) is 11.3. The minimum absolute atomic E-state index is 0.0272. The van der Waals surface area contributed by atoms with Gasteiger partial charge in [-0.1, -0.05) is 84.9 Å². The van der Waals surface area contributed by atoms with E-state index >= 15 is 0 Å². The number of amides is 2. The number of aliphatic hydroxyl groups excluding tert-OH is 1. The Kier molecular flexibility index (Phi) is 12.6.